The maximum absolute atomic E-state index is 12.9. The fourth-order valence-electron chi connectivity index (χ4n) is 1.72. The largest absolute Gasteiger partial charge is 0.306 e. The number of nitrogens with two attached hydrogens (primary N) is 1. The van der Waals surface area contributed by atoms with Crippen LogP contribution in [-0.2, 0) is 5.54 Å². The van der Waals surface area contributed by atoms with Crippen LogP contribution in [0, 0.1) is 23.0 Å². The van der Waals surface area contributed by atoms with Crippen LogP contribution in [-0.4, -0.2) is 0 Å². The Labute approximate surface area is 103 Å². The number of hydrogen-bond donors (Lipinski definition) is 1. The summed E-state index contributed by atoms with van der Waals surface area (Å²) in [5, 5.41) is 9.27. The zero-order valence-electron chi connectivity index (χ0n) is 9.40. The second-order valence-electron chi connectivity index (χ2n) is 3.93. The van der Waals surface area contributed by atoms with Gasteiger partial charge in [-0.3, -0.25) is 0 Å². The van der Waals surface area contributed by atoms with Crippen molar-refractivity contribution >= 4 is 0 Å². The van der Waals surface area contributed by atoms with E-state index in [2.05, 4.69) is 0 Å². The van der Waals surface area contributed by atoms with Crippen molar-refractivity contribution in [2.24, 2.45) is 5.73 Å². The molecule has 0 aliphatic heterocycles. The van der Waals surface area contributed by atoms with Gasteiger partial charge in [-0.1, -0.05) is 24.3 Å². The van der Waals surface area contributed by atoms with Crippen molar-refractivity contribution in [2.75, 3.05) is 0 Å². The molecule has 0 aliphatic rings. The number of nitriles is 1. The molecule has 2 nitrogen and oxygen atoms in total. The zero-order valence-corrected chi connectivity index (χ0v) is 9.40. The molecule has 0 heterocycles. The van der Waals surface area contributed by atoms with Crippen LogP contribution in [0.5, 0.6) is 0 Å². The van der Waals surface area contributed by atoms with Gasteiger partial charge in [0.05, 0.1) is 6.07 Å². The van der Waals surface area contributed by atoms with Crippen LogP contribution < -0.4 is 5.73 Å². The minimum absolute atomic E-state index is 0.404. The molecule has 0 atom stereocenters. The molecule has 0 bridgehead atoms. The Morgan fingerprint density at radius 1 is 0.833 bits per heavy atom. The van der Waals surface area contributed by atoms with Crippen LogP contribution in [0.4, 0.5) is 8.78 Å². The number of benzene rings is 2. The Balaban J connectivity index is 2.52. The van der Waals surface area contributed by atoms with E-state index in [1.807, 2.05) is 6.07 Å². The van der Waals surface area contributed by atoms with E-state index in [0.29, 0.717) is 11.1 Å². The second-order valence-corrected chi connectivity index (χ2v) is 3.93. The molecule has 0 spiro atoms. The standard InChI is InChI=1S/C14H10F2N2/c15-12-5-1-10(2-6-12)14(18,9-17)11-3-7-13(16)8-4-11/h1-8H,18H2. The Morgan fingerprint density at radius 2 is 1.17 bits per heavy atom. The maximum Gasteiger partial charge on any atom is 0.155 e. The van der Waals surface area contributed by atoms with E-state index >= 15 is 0 Å². The van der Waals surface area contributed by atoms with E-state index in [9.17, 15) is 14.0 Å². The molecule has 0 saturated carbocycles. The lowest BCUT2D eigenvalue weighted by Crippen LogP contribution is -2.36. The Morgan fingerprint density at radius 3 is 1.44 bits per heavy atom. The van der Waals surface area contributed by atoms with Gasteiger partial charge in [-0.15, -0.1) is 0 Å². The van der Waals surface area contributed by atoms with Crippen molar-refractivity contribution in [3.05, 3.63) is 71.3 Å². The molecular weight excluding hydrogens is 234 g/mol. The smallest absolute Gasteiger partial charge is 0.155 e. The van der Waals surface area contributed by atoms with Crippen LogP contribution in [0.2, 0.25) is 0 Å². The molecule has 18 heavy (non-hydrogen) atoms. The lowest BCUT2D eigenvalue weighted by molar-refractivity contribution is 0.618. The summed E-state index contributed by atoms with van der Waals surface area (Å²) in [6, 6.07) is 12.7. The molecule has 0 radical (unpaired) electrons. The SMILES string of the molecule is N#CC(N)(c1ccc(F)cc1)c1ccc(F)cc1. The Bertz CT molecular complexity index is 537. The highest BCUT2D eigenvalue weighted by atomic mass is 19.1. The van der Waals surface area contributed by atoms with Crippen molar-refractivity contribution in [3.8, 4) is 6.07 Å². The quantitative estimate of drug-likeness (QED) is 0.882. The predicted octanol–water partition coefficient (Wildman–Crippen LogP) is 2.69. The molecule has 0 aliphatic carbocycles. The van der Waals surface area contributed by atoms with E-state index in [1.165, 1.54) is 48.5 Å². The molecular formula is C14H10F2N2. The van der Waals surface area contributed by atoms with Crippen LogP contribution in [0.25, 0.3) is 0 Å². The number of rotatable bonds is 2. The molecule has 0 unspecified atom stereocenters. The first-order valence-electron chi connectivity index (χ1n) is 5.28. The van der Waals surface area contributed by atoms with Crippen molar-refractivity contribution in [2.45, 2.75) is 5.54 Å². The summed E-state index contributed by atoms with van der Waals surface area (Å²) < 4.78 is 25.7. The van der Waals surface area contributed by atoms with Crippen LogP contribution in [0.3, 0.4) is 0 Å². The Kier molecular flexibility index (Phi) is 3.09. The highest BCUT2D eigenvalue weighted by Crippen LogP contribution is 2.26. The van der Waals surface area contributed by atoms with Crippen molar-refractivity contribution in [3.63, 3.8) is 0 Å². The van der Waals surface area contributed by atoms with Gasteiger partial charge >= 0.3 is 0 Å². The third-order valence-electron chi connectivity index (χ3n) is 2.78. The predicted molar refractivity (Wildman–Crippen MR) is 63.4 cm³/mol. The van der Waals surface area contributed by atoms with E-state index in [0.717, 1.165) is 0 Å². The van der Waals surface area contributed by atoms with Gasteiger partial charge in [0.2, 0.25) is 0 Å². The van der Waals surface area contributed by atoms with Gasteiger partial charge in [0.1, 0.15) is 11.6 Å². The van der Waals surface area contributed by atoms with Crippen LogP contribution in [0.15, 0.2) is 48.5 Å². The summed E-state index contributed by atoms with van der Waals surface area (Å²) in [7, 11) is 0. The van der Waals surface area contributed by atoms with E-state index in [4.69, 9.17) is 5.73 Å². The number of hydrogen-bond acceptors (Lipinski definition) is 2. The fourth-order valence-corrected chi connectivity index (χ4v) is 1.72. The molecule has 0 fully saturated rings. The first kappa shape index (κ1) is 12.2. The highest BCUT2D eigenvalue weighted by Gasteiger charge is 2.29. The van der Waals surface area contributed by atoms with Crippen LogP contribution >= 0.6 is 0 Å². The van der Waals surface area contributed by atoms with E-state index < -0.39 is 17.2 Å². The Hall–Kier alpha value is -2.25. The van der Waals surface area contributed by atoms with Gasteiger partial charge in [0.25, 0.3) is 0 Å². The maximum atomic E-state index is 12.9. The van der Waals surface area contributed by atoms with Gasteiger partial charge in [0, 0.05) is 0 Å². The minimum atomic E-state index is -1.42. The second kappa shape index (κ2) is 4.55. The van der Waals surface area contributed by atoms with Gasteiger partial charge in [-0.25, -0.2) is 8.78 Å². The lowest BCUT2D eigenvalue weighted by Gasteiger charge is -2.22. The molecule has 0 saturated heterocycles. The molecule has 2 aromatic rings. The van der Waals surface area contributed by atoms with Crippen molar-refractivity contribution in [1.29, 1.82) is 5.26 Å². The normalized spacial score (nSPS) is 11.0. The fraction of sp³-hybridized carbons (Fsp3) is 0.0714. The van der Waals surface area contributed by atoms with Crippen molar-refractivity contribution in [1.82, 2.24) is 0 Å². The summed E-state index contributed by atoms with van der Waals surface area (Å²) >= 11 is 0. The average molecular weight is 244 g/mol. The first-order chi connectivity index (χ1) is 8.56. The molecule has 90 valence electrons. The topological polar surface area (TPSA) is 49.8 Å². The molecule has 0 amide bonds. The monoisotopic (exact) mass is 244 g/mol. The average Bonchev–Trinajstić information content (AvgIpc) is 2.39. The van der Waals surface area contributed by atoms with E-state index in [-0.39, 0.29) is 0 Å². The summed E-state index contributed by atoms with van der Waals surface area (Å²) in [4.78, 5) is 0. The summed E-state index contributed by atoms with van der Waals surface area (Å²) in [6.45, 7) is 0. The number of halogens is 2. The lowest BCUT2D eigenvalue weighted by atomic mass is 9.85. The molecule has 4 heteroatoms. The molecule has 0 aromatic heterocycles. The zero-order chi connectivity index (χ0) is 13.2. The molecule has 2 N–H and O–H groups in total. The highest BCUT2D eigenvalue weighted by molar-refractivity contribution is 5.44. The van der Waals surface area contributed by atoms with Gasteiger partial charge < -0.3 is 5.73 Å². The summed E-state index contributed by atoms with van der Waals surface area (Å²) in [6.07, 6.45) is 0. The van der Waals surface area contributed by atoms with Crippen LogP contribution in [0.1, 0.15) is 11.1 Å². The minimum Gasteiger partial charge on any atom is -0.306 e. The summed E-state index contributed by atoms with van der Waals surface area (Å²) in [5.74, 6) is -0.809. The number of nitrogens with zero attached hydrogens (tertiary/aromatic N) is 1. The summed E-state index contributed by atoms with van der Waals surface area (Å²) in [5.41, 5.74) is 5.53. The molecule has 2 rings (SSSR count). The van der Waals surface area contributed by atoms with Gasteiger partial charge in [-0.2, -0.15) is 5.26 Å². The third-order valence-corrected chi connectivity index (χ3v) is 2.78. The van der Waals surface area contributed by atoms with Gasteiger partial charge in [0.15, 0.2) is 5.54 Å². The van der Waals surface area contributed by atoms with Gasteiger partial charge in [-0.05, 0) is 35.4 Å². The van der Waals surface area contributed by atoms with Crippen molar-refractivity contribution < 1.29 is 8.78 Å². The first-order valence-corrected chi connectivity index (χ1v) is 5.28. The molecule has 2 aromatic carbocycles. The third kappa shape index (κ3) is 2.08. The van der Waals surface area contributed by atoms with E-state index in [1.54, 1.807) is 0 Å².